The van der Waals surface area contributed by atoms with Crippen LogP contribution in [0.4, 0.5) is 5.69 Å². The van der Waals surface area contributed by atoms with Crippen LogP contribution in [0.2, 0.25) is 0 Å². The minimum absolute atomic E-state index is 0.00681. The van der Waals surface area contributed by atoms with Crippen LogP contribution >= 0.6 is 28.1 Å². The third kappa shape index (κ3) is 4.53. The number of hydrogen-bond donors (Lipinski definition) is 3. The van der Waals surface area contributed by atoms with E-state index in [0.717, 1.165) is 0 Å². The molecule has 24 heavy (non-hydrogen) atoms. The molecule has 0 spiro atoms. The SMILES string of the molecule is COc1cccc(C(=O)NC(=S)Nc2ccc(Br)cc2C(=O)O)c1. The van der Waals surface area contributed by atoms with Crippen LogP contribution in [0.15, 0.2) is 46.9 Å². The molecular formula is C16H13BrN2O4S. The fourth-order valence-corrected chi connectivity index (χ4v) is 2.46. The first kappa shape index (κ1) is 17.9. The van der Waals surface area contributed by atoms with Crippen molar-refractivity contribution in [1.29, 1.82) is 0 Å². The van der Waals surface area contributed by atoms with Crippen LogP contribution in [0.5, 0.6) is 5.75 Å². The van der Waals surface area contributed by atoms with Gasteiger partial charge in [0.05, 0.1) is 18.4 Å². The Balaban J connectivity index is 2.11. The third-order valence-electron chi connectivity index (χ3n) is 3.02. The molecule has 0 radical (unpaired) electrons. The molecule has 0 fully saturated rings. The second kappa shape index (κ2) is 7.89. The van der Waals surface area contributed by atoms with Crippen molar-refractivity contribution in [2.24, 2.45) is 0 Å². The Labute approximate surface area is 152 Å². The molecule has 2 aromatic rings. The van der Waals surface area contributed by atoms with Crippen molar-refractivity contribution in [3.8, 4) is 5.75 Å². The smallest absolute Gasteiger partial charge is 0.337 e. The van der Waals surface area contributed by atoms with Crippen molar-refractivity contribution >= 4 is 50.8 Å². The lowest BCUT2D eigenvalue weighted by molar-refractivity contribution is 0.0697. The molecule has 0 aliphatic heterocycles. The quantitative estimate of drug-likeness (QED) is 0.672. The molecule has 2 aromatic carbocycles. The summed E-state index contributed by atoms with van der Waals surface area (Å²) in [6, 6.07) is 11.2. The molecule has 2 rings (SSSR count). The van der Waals surface area contributed by atoms with Gasteiger partial charge in [0, 0.05) is 10.0 Å². The van der Waals surface area contributed by atoms with Crippen molar-refractivity contribution < 1.29 is 19.4 Å². The number of ether oxygens (including phenoxy) is 1. The van der Waals surface area contributed by atoms with E-state index in [2.05, 4.69) is 26.6 Å². The highest BCUT2D eigenvalue weighted by atomic mass is 79.9. The van der Waals surface area contributed by atoms with Gasteiger partial charge in [0.1, 0.15) is 5.75 Å². The summed E-state index contributed by atoms with van der Waals surface area (Å²) in [6.07, 6.45) is 0. The Morgan fingerprint density at radius 2 is 1.96 bits per heavy atom. The van der Waals surface area contributed by atoms with E-state index >= 15 is 0 Å². The number of nitrogens with one attached hydrogen (secondary N) is 2. The fourth-order valence-electron chi connectivity index (χ4n) is 1.90. The molecule has 3 N–H and O–H groups in total. The van der Waals surface area contributed by atoms with Gasteiger partial charge in [-0.3, -0.25) is 10.1 Å². The summed E-state index contributed by atoms with van der Waals surface area (Å²) < 4.78 is 5.68. The van der Waals surface area contributed by atoms with Gasteiger partial charge in [-0.1, -0.05) is 22.0 Å². The Morgan fingerprint density at radius 1 is 1.21 bits per heavy atom. The predicted molar refractivity (Wildman–Crippen MR) is 97.8 cm³/mol. The van der Waals surface area contributed by atoms with Crippen LogP contribution in [-0.2, 0) is 0 Å². The number of halogens is 1. The maximum absolute atomic E-state index is 12.2. The topological polar surface area (TPSA) is 87.7 Å². The van der Waals surface area contributed by atoms with E-state index in [9.17, 15) is 14.7 Å². The molecule has 0 saturated heterocycles. The Hall–Kier alpha value is -2.45. The van der Waals surface area contributed by atoms with Crippen molar-refractivity contribution in [3.05, 3.63) is 58.1 Å². The number of aromatic carboxylic acids is 1. The predicted octanol–water partition coefficient (Wildman–Crippen LogP) is 3.28. The molecule has 6 nitrogen and oxygen atoms in total. The molecule has 124 valence electrons. The highest BCUT2D eigenvalue weighted by Crippen LogP contribution is 2.21. The van der Waals surface area contributed by atoms with Gasteiger partial charge in [-0.15, -0.1) is 0 Å². The van der Waals surface area contributed by atoms with Crippen molar-refractivity contribution in [3.63, 3.8) is 0 Å². The second-order valence-electron chi connectivity index (χ2n) is 4.64. The second-order valence-corrected chi connectivity index (χ2v) is 5.96. The van der Waals surface area contributed by atoms with E-state index in [1.807, 2.05) is 0 Å². The number of thiocarbonyl (C=S) groups is 1. The average molecular weight is 409 g/mol. The largest absolute Gasteiger partial charge is 0.497 e. The zero-order valence-corrected chi connectivity index (χ0v) is 14.9. The average Bonchev–Trinajstić information content (AvgIpc) is 2.56. The number of carbonyl (C=O) groups excluding carboxylic acids is 1. The van der Waals surface area contributed by atoms with Gasteiger partial charge >= 0.3 is 5.97 Å². The molecule has 0 heterocycles. The van der Waals surface area contributed by atoms with E-state index in [1.54, 1.807) is 36.4 Å². The standard InChI is InChI=1S/C16H13BrN2O4S/c1-23-11-4-2-3-9(7-11)14(20)19-16(24)18-13-6-5-10(17)8-12(13)15(21)22/h2-8H,1H3,(H,21,22)(H2,18,19,20,24). The number of anilines is 1. The van der Waals surface area contributed by atoms with Crippen LogP contribution in [-0.4, -0.2) is 29.2 Å². The number of carbonyl (C=O) groups is 2. The first-order valence-electron chi connectivity index (χ1n) is 6.70. The summed E-state index contributed by atoms with van der Waals surface area (Å²) in [5, 5.41) is 14.4. The van der Waals surface area contributed by atoms with Crippen molar-refractivity contribution in [2.45, 2.75) is 0 Å². The van der Waals surface area contributed by atoms with Gasteiger partial charge in [0.2, 0.25) is 0 Å². The molecule has 0 bridgehead atoms. The Bertz CT molecular complexity index is 810. The lowest BCUT2D eigenvalue weighted by Gasteiger charge is -2.12. The summed E-state index contributed by atoms with van der Waals surface area (Å²) in [6.45, 7) is 0. The van der Waals surface area contributed by atoms with E-state index in [0.29, 0.717) is 15.8 Å². The lowest BCUT2D eigenvalue weighted by atomic mass is 10.2. The normalized spacial score (nSPS) is 9.92. The van der Waals surface area contributed by atoms with Crippen LogP contribution in [0.3, 0.4) is 0 Å². The summed E-state index contributed by atoms with van der Waals surface area (Å²) in [5.41, 5.74) is 0.678. The minimum Gasteiger partial charge on any atom is -0.497 e. The van der Waals surface area contributed by atoms with Gasteiger partial charge < -0.3 is 15.2 Å². The third-order valence-corrected chi connectivity index (χ3v) is 3.72. The Morgan fingerprint density at radius 3 is 2.62 bits per heavy atom. The van der Waals surface area contributed by atoms with Crippen LogP contribution < -0.4 is 15.4 Å². The molecule has 0 saturated carbocycles. The molecule has 0 aliphatic carbocycles. The minimum atomic E-state index is -1.11. The van der Waals surface area contributed by atoms with Crippen LogP contribution in [0.1, 0.15) is 20.7 Å². The summed E-state index contributed by atoms with van der Waals surface area (Å²) >= 11 is 8.28. The number of carboxylic acid groups (broad SMARTS) is 1. The zero-order valence-electron chi connectivity index (χ0n) is 12.5. The number of amides is 1. The van der Waals surface area contributed by atoms with Crippen LogP contribution in [0, 0.1) is 0 Å². The zero-order chi connectivity index (χ0) is 17.7. The monoisotopic (exact) mass is 408 g/mol. The maximum atomic E-state index is 12.2. The number of benzene rings is 2. The van der Waals surface area contributed by atoms with Gasteiger partial charge in [-0.2, -0.15) is 0 Å². The maximum Gasteiger partial charge on any atom is 0.337 e. The van der Waals surface area contributed by atoms with Crippen molar-refractivity contribution in [2.75, 3.05) is 12.4 Å². The molecule has 0 aromatic heterocycles. The molecule has 0 aliphatic rings. The molecule has 1 amide bonds. The van der Waals surface area contributed by atoms with E-state index in [4.69, 9.17) is 17.0 Å². The highest BCUT2D eigenvalue weighted by Gasteiger charge is 2.14. The molecule has 8 heteroatoms. The van der Waals surface area contributed by atoms with Gasteiger partial charge in [0.15, 0.2) is 5.11 Å². The lowest BCUT2D eigenvalue weighted by Crippen LogP contribution is -2.34. The number of hydrogen-bond acceptors (Lipinski definition) is 4. The van der Waals surface area contributed by atoms with E-state index in [1.165, 1.54) is 13.2 Å². The first-order valence-corrected chi connectivity index (χ1v) is 7.90. The number of carboxylic acids is 1. The van der Waals surface area contributed by atoms with Crippen LogP contribution in [0.25, 0.3) is 0 Å². The molecule has 0 unspecified atom stereocenters. The van der Waals surface area contributed by atoms with E-state index < -0.39 is 11.9 Å². The van der Waals surface area contributed by atoms with Crippen molar-refractivity contribution in [1.82, 2.24) is 5.32 Å². The summed E-state index contributed by atoms with van der Waals surface area (Å²) in [5.74, 6) is -0.997. The molecule has 0 atom stereocenters. The summed E-state index contributed by atoms with van der Waals surface area (Å²) in [7, 11) is 1.50. The first-order chi connectivity index (χ1) is 11.4. The highest BCUT2D eigenvalue weighted by molar-refractivity contribution is 9.10. The van der Waals surface area contributed by atoms with Gasteiger partial charge in [0.25, 0.3) is 5.91 Å². The summed E-state index contributed by atoms with van der Waals surface area (Å²) in [4.78, 5) is 23.4. The van der Waals surface area contributed by atoms with Gasteiger partial charge in [-0.05, 0) is 48.6 Å². The molecular weight excluding hydrogens is 396 g/mol. The number of rotatable bonds is 4. The Kier molecular flexibility index (Phi) is 5.88. The van der Waals surface area contributed by atoms with E-state index in [-0.39, 0.29) is 16.4 Å². The fraction of sp³-hybridized carbons (Fsp3) is 0.0625. The van der Waals surface area contributed by atoms with Gasteiger partial charge in [-0.25, -0.2) is 4.79 Å². The number of methoxy groups -OCH3 is 1.